The lowest BCUT2D eigenvalue weighted by atomic mass is 10.2. The number of hydrogen-bond donors (Lipinski definition) is 1. The van der Waals surface area contributed by atoms with E-state index < -0.39 is 11.7 Å². The van der Waals surface area contributed by atoms with Crippen LogP contribution in [-0.2, 0) is 4.74 Å². The molecule has 0 saturated heterocycles. The molecule has 0 aliphatic rings. The number of carbonyl (C=O) groups is 1. The van der Waals surface area contributed by atoms with E-state index in [1.165, 1.54) is 6.20 Å². The molecule has 2 rings (SSSR count). The van der Waals surface area contributed by atoms with Crippen LogP contribution < -0.4 is 5.32 Å². The molecule has 0 aliphatic carbocycles. The van der Waals surface area contributed by atoms with Crippen LogP contribution in [0.15, 0.2) is 34.9 Å². The SMILES string of the molecule is CC(C)(C)OC(=O)Nc1nncc(-c2cccc(Br)c2)n1. The van der Waals surface area contributed by atoms with Gasteiger partial charge in [-0.2, -0.15) is 5.10 Å². The van der Waals surface area contributed by atoms with Gasteiger partial charge in [0.15, 0.2) is 0 Å². The predicted molar refractivity (Wildman–Crippen MR) is 82.8 cm³/mol. The molecular weight excluding hydrogens is 336 g/mol. The van der Waals surface area contributed by atoms with Crippen LogP contribution in [0.4, 0.5) is 10.7 Å². The molecule has 0 spiro atoms. The Kier molecular flexibility index (Phi) is 4.52. The number of amides is 1. The van der Waals surface area contributed by atoms with Crippen LogP contribution in [0.25, 0.3) is 11.3 Å². The Morgan fingerprint density at radius 3 is 2.76 bits per heavy atom. The summed E-state index contributed by atoms with van der Waals surface area (Å²) in [5.41, 5.74) is 0.892. The molecule has 0 saturated carbocycles. The summed E-state index contributed by atoms with van der Waals surface area (Å²) in [6, 6.07) is 7.60. The smallest absolute Gasteiger partial charge is 0.414 e. The summed E-state index contributed by atoms with van der Waals surface area (Å²) in [6.07, 6.45) is 0.915. The van der Waals surface area contributed by atoms with Crippen LogP contribution in [0.1, 0.15) is 20.8 Å². The quantitative estimate of drug-likeness (QED) is 0.894. The number of anilines is 1. The van der Waals surface area contributed by atoms with Gasteiger partial charge in [0.05, 0.1) is 11.9 Å². The normalized spacial score (nSPS) is 11.0. The maximum absolute atomic E-state index is 11.7. The fourth-order valence-electron chi connectivity index (χ4n) is 1.54. The number of carbonyl (C=O) groups excluding carboxylic acids is 1. The largest absolute Gasteiger partial charge is 0.444 e. The van der Waals surface area contributed by atoms with Crippen molar-refractivity contribution >= 4 is 28.0 Å². The Morgan fingerprint density at radius 1 is 1.33 bits per heavy atom. The molecule has 7 heteroatoms. The van der Waals surface area contributed by atoms with Crippen LogP contribution in [0.3, 0.4) is 0 Å². The van der Waals surface area contributed by atoms with Crippen molar-refractivity contribution in [3.8, 4) is 11.3 Å². The van der Waals surface area contributed by atoms with Gasteiger partial charge in [-0.3, -0.25) is 5.32 Å². The van der Waals surface area contributed by atoms with Gasteiger partial charge in [-0.15, -0.1) is 5.10 Å². The number of hydrogen-bond acceptors (Lipinski definition) is 5. The molecule has 21 heavy (non-hydrogen) atoms. The fraction of sp³-hybridized carbons (Fsp3) is 0.286. The first kappa shape index (κ1) is 15.4. The van der Waals surface area contributed by atoms with Crippen molar-refractivity contribution in [1.82, 2.24) is 15.2 Å². The molecule has 0 atom stereocenters. The highest BCUT2D eigenvalue weighted by molar-refractivity contribution is 9.10. The summed E-state index contributed by atoms with van der Waals surface area (Å²) < 4.78 is 6.07. The van der Waals surface area contributed by atoms with Gasteiger partial charge in [0, 0.05) is 10.0 Å². The maximum Gasteiger partial charge on any atom is 0.414 e. The van der Waals surface area contributed by atoms with Gasteiger partial charge >= 0.3 is 6.09 Å². The first-order chi connectivity index (χ1) is 9.83. The lowest BCUT2D eigenvalue weighted by molar-refractivity contribution is 0.0634. The van der Waals surface area contributed by atoms with Crippen LogP contribution in [0.2, 0.25) is 0 Å². The van der Waals surface area contributed by atoms with Crippen molar-refractivity contribution in [1.29, 1.82) is 0 Å². The first-order valence-electron chi connectivity index (χ1n) is 6.29. The number of aromatic nitrogens is 3. The molecule has 6 nitrogen and oxygen atoms in total. The van der Waals surface area contributed by atoms with Gasteiger partial charge in [0.1, 0.15) is 5.60 Å². The van der Waals surface area contributed by atoms with Crippen molar-refractivity contribution in [3.05, 3.63) is 34.9 Å². The third-order valence-electron chi connectivity index (χ3n) is 2.29. The molecule has 0 unspecified atom stereocenters. The van der Waals surface area contributed by atoms with E-state index in [0.29, 0.717) is 5.69 Å². The first-order valence-corrected chi connectivity index (χ1v) is 7.08. The van der Waals surface area contributed by atoms with E-state index >= 15 is 0 Å². The van der Waals surface area contributed by atoms with E-state index in [1.54, 1.807) is 20.8 Å². The molecule has 0 aliphatic heterocycles. The van der Waals surface area contributed by atoms with Crippen LogP contribution >= 0.6 is 15.9 Å². The van der Waals surface area contributed by atoms with Crippen molar-refractivity contribution < 1.29 is 9.53 Å². The summed E-state index contributed by atoms with van der Waals surface area (Å²) in [5.74, 6) is 0.0988. The molecule has 0 fully saturated rings. The number of benzene rings is 1. The number of halogens is 1. The molecule has 1 N–H and O–H groups in total. The summed E-state index contributed by atoms with van der Waals surface area (Å²) in [7, 11) is 0. The second-order valence-corrected chi connectivity index (χ2v) is 6.22. The molecule has 0 radical (unpaired) electrons. The van der Waals surface area contributed by atoms with Crippen molar-refractivity contribution in [2.75, 3.05) is 5.32 Å². The Morgan fingerprint density at radius 2 is 2.10 bits per heavy atom. The van der Waals surface area contributed by atoms with Crippen molar-refractivity contribution in [2.24, 2.45) is 0 Å². The summed E-state index contributed by atoms with van der Waals surface area (Å²) >= 11 is 3.40. The minimum Gasteiger partial charge on any atom is -0.444 e. The monoisotopic (exact) mass is 350 g/mol. The van der Waals surface area contributed by atoms with Gasteiger partial charge in [-0.25, -0.2) is 9.78 Å². The number of nitrogens with zero attached hydrogens (tertiary/aromatic N) is 3. The highest BCUT2D eigenvalue weighted by Gasteiger charge is 2.17. The molecule has 2 aromatic rings. The molecule has 1 aromatic carbocycles. The lowest BCUT2D eigenvalue weighted by Crippen LogP contribution is -2.27. The van der Waals surface area contributed by atoms with Gasteiger partial charge in [0.2, 0.25) is 0 Å². The third-order valence-corrected chi connectivity index (χ3v) is 2.79. The van der Waals surface area contributed by atoms with Crippen LogP contribution in [-0.4, -0.2) is 26.9 Å². The standard InChI is InChI=1S/C14H15BrN4O2/c1-14(2,3)21-13(20)18-12-17-11(8-16-19-12)9-5-4-6-10(15)7-9/h4-8H,1-3H3,(H,17,18,19,20). The summed E-state index contributed by atoms with van der Waals surface area (Å²) in [5, 5.41) is 10.1. The van der Waals surface area contributed by atoms with Crippen molar-refractivity contribution in [2.45, 2.75) is 26.4 Å². The highest BCUT2D eigenvalue weighted by Crippen LogP contribution is 2.21. The summed E-state index contributed by atoms with van der Waals surface area (Å²) in [4.78, 5) is 15.9. The van der Waals surface area contributed by atoms with Crippen LogP contribution in [0.5, 0.6) is 0 Å². The zero-order valence-corrected chi connectivity index (χ0v) is 13.5. The van der Waals surface area contributed by atoms with Gasteiger partial charge < -0.3 is 4.74 Å². The average molecular weight is 351 g/mol. The predicted octanol–water partition coefficient (Wildman–Crippen LogP) is 3.65. The Balaban J connectivity index is 2.17. The minimum atomic E-state index is -0.615. The van der Waals surface area contributed by atoms with E-state index in [4.69, 9.17) is 4.74 Å². The average Bonchev–Trinajstić information content (AvgIpc) is 2.36. The van der Waals surface area contributed by atoms with E-state index in [-0.39, 0.29) is 5.95 Å². The zero-order valence-electron chi connectivity index (χ0n) is 11.9. The molecule has 1 heterocycles. The number of nitrogens with one attached hydrogen (secondary N) is 1. The number of ether oxygens (including phenoxy) is 1. The van der Waals surface area contributed by atoms with Crippen molar-refractivity contribution in [3.63, 3.8) is 0 Å². The van der Waals surface area contributed by atoms with Gasteiger partial charge in [0.25, 0.3) is 5.95 Å². The van der Waals surface area contributed by atoms with Crippen LogP contribution in [0, 0.1) is 0 Å². The van der Waals surface area contributed by atoms with E-state index in [0.717, 1.165) is 10.0 Å². The van der Waals surface area contributed by atoms with E-state index in [2.05, 4.69) is 36.4 Å². The maximum atomic E-state index is 11.7. The van der Waals surface area contributed by atoms with E-state index in [9.17, 15) is 4.79 Å². The topological polar surface area (TPSA) is 77.0 Å². The minimum absolute atomic E-state index is 0.0988. The Labute approximate surface area is 131 Å². The molecule has 1 aromatic heterocycles. The third kappa shape index (κ3) is 4.78. The summed E-state index contributed by atoms with van der Waals surface area (Å²) in [6.45, 7) is 5.34. The lowest BCUT2D eigenvalue weighted by Gasteiger charge is -2.19. The van der Waals surface area contributed by atoms with Gasteiger partial charge in [-0.1, -0.05) is 28.1 Å². The second-order valence-electron chi connectivity index (χ2n) is 5.30. The second kappa shape index (κ2) is 6.17. The van der Waals surface area contributed by atoms with E-state index in [1.807, 2.05) is 24.3 Å². The van der Waals surface area contributed by atoms with Gasteiger partial charge in [-0.05, 0) is 32.9 Å². The Hall–Kier alpha value is -2.02. The fourth-order valence-corrected chi connectivity index (χ4v) is 1.94. The number of rotatable bonds is 2. The molecule has 1 amide bonds. The zero-order chi connectivity index (χ0) is 15.5. The Bertz CT molecular complexity index is 655. The molecule has 110 valence electrons. The molecular formula is C14H15BrN4O2. The highest BCUT2D eigenvalue weighted by atomic mass is 79.9. The molecule has 0 bridgehead atoms.